The number of carbonyl (C=O) groups excluding carboxylic acids is 12. The van der Waals surface area contributed by atoms with Crippen molar-refractivity contribution in [3.8, 4) is 0 Å². The van der Waals surface area contributed by atoms with E-state index in [1.807, 2.05) is 0 Å². The van der Waals surface area contributed by atoms with Crippen molar-refractivity contribution in [2.75, 3.05) is 89.2 Å². The molecular formula is C75H114ClF9N12O13. The molecule has 3 heterocycles. The van der Waals surface area contributed by atoms with Gasteiger partial charge in [-0.1, -0.05) is 58.6 Å². The molecule has 35 heteroatoms. The minimum absolute atomic E-state index is 0.00232. The maximum absolute atomic E-state index is 15.6. The zero-order chi connectivity index (χ0) is 82.0. The lowest BCUT2D eigenvalue weighted by Gasteiger charge is -2.54. The van der Waals surface area contributed by atoms with Gasteiger partial charge in [-0.3, -0.25) is 57.5 Å². The van der Waals surface area contributed by atoms with E-state index in [-0.39, 0.29) is 129 Å². The van der Waals surface area contributed by atoms with Crippen molar-refractivity contribution in [2.45, 2.75) is 266 Å². The van der Waals surface area contributed by atoms with Gasteiger partial charge < -0.3 is 64.8 Å². The van der Waals surface area contributed by atoms with E-state index in [2.05, 4.69) is 16.0 Å². The highest BCUT2D eigenvalue weighted by Crippen LogP contribution is 2.50. The van der Waals surface area contributed by atoms with Crippen LogP contribution in [0.2, 0.25) is 0 Å². The summed E-state index contributed by atoms with van der Waals surface area (Å²) in [6.45, 7) is 4.78. The normalized spacial score (nSPS) is 31.3. The fourth-order valence-electron chi connectivity index (χ4n) is 17.6. The van der Waals surface area contributed by atoms with Gasteiger partial charge in [0.1, 0.15) is 53.9 Å². The van der Waals surface area contributed by atoms with Gasteiger partial charge in [-0.15, -0.1) is 11.6 Å². The first-order chi connectivity index (χ1) is 51.2. The van der Waals surface area contributed by atoms with Crippen LogP contribution in [0, 0.1) is 35.0 Å². The van der Waals surface area contributed by atoms with E-state index in [4.69, 9.17) is 16.3 Å². The van der Waals surface area contributed by atoms with Gasteiger partial charge in [0.05, 0.1) is 43.9 Å². The Morgan fingerprint density at radius 2 is 1.25 bits per heavy atom. The number of nitrogens with zero attached hydrogens (tertiary/aromatic N) is 9. The molecule has 25 nitrogen and oxygen atoms in total. The monoisotopic (exact) mass is 1600 g/mol. The average molecular weight is 1600 g/mol. The number of amides is 12. The molecule has 622 valence electrons. The van der Waals surface area contributed by atoms with E-state index in [0.717, 1.165) is 49.9 Å². The molecule has 1 spiro atoms. The molecular weight excluding hydrogens is 1480 g/mol. The minimum Gasteiger partial charge on any atom is -0.377 e. The SMILES string of the molecule is CCC[C@H]1C(=O)N[C@@H](C2CCCCC2)C(=O)N(C)CC(=O)N(C)[C@H]2C/C=C\CCN(C2=O)[C@@H](CC2CCC(C(F)(F)F)CC2)C(=O)N(C)CC(=O)N[C@@H](CCC2CCC(C(F)(F)F)C(Cl)C2)C(=O)N2C[C@H](OCC)C[C@H]2C(=O)NC2(CC(C)(C)C2)C(=O)N(C)[C@@H](CC(F)(F)F)C(=O)N(C)[C@H](C(=O)N(C)C)CC(=O)N1C. The van der Waals surface area contributed by atoms with E-state index >= 15 is 41.9 Å². The lowest BCUT2D eigenvalue weighted by molar-refractivity contribution is -0.184. The first-order valence-electron chi connectivity index (χ1n) is 38.6. The molecule has 2 bridgehead atoms. The van der Waals surface area contributed by atoms with Crippen molar-refractivity contribution in [2.24, 2.45) is 35.0 Å². The van der Waals surface area contributed by atoms with Gasteiger partial charge in [-0.25, -0.2) is 0 Å². The van der Waals surface area contributed by atoms with E-state index in [9.17, 15) is 55.1 Å². The minimum atomic E-state index is -5.19. The van der Waals surface area contributed by atoms with Crippen LogP contribution in [0.5, 0.6) is 0 Å². The highest BCUT2D eigenvalue weighted by Gasteiger charge is 2.60. The molecule has 4 saturated carbocycles. The van der Waals surface area contributed by atoms with E-state index in [1.54, 1.807) is 39.8 Å². The predicted molar refractivity (Wildman–Crippen MR) is 386 cm³/mol. The zero-order valence-corrected chi connectivity index (χ0v) is 66.2. The Hall–Kier alpha value is -7.00. The summed E-state index contributed by atoms with van der Waals surface area (Å²) in [5.74, 6) is -16.5. The number of rotatable bonds is 12. The Balaban J connectivity index is 1.34. The van der Waals surface area contributed by atoms with E-state index in [0.29, 0.717) is 35.5 Å². The maximum atomic E-state index is 15.6. The third-order valence-corrected chi connectivity index (χ3v) is 24.2. The fourth-order valence-corrected chi connectivity index (χ4v) is 18.2. The fraction of sp³-hybridized carbons (Fsp3) is 0.813. The second-order valence-electron chi connectivity index (χ2n) is 32.7. The van der Waals surface area contributed by atoms with Gasteiger partial charge in [0.15, 0.2) is 0 Å². The van der Waals surface area contributed by atoms with Gasteiger partial charge in [-0.05, 0) is 139 Å². The number of hydrogen-bond acceptors (Lipinski definition) is 13. The Bertz CT molecular complexity index is 3330. The number of alkyl halides is 10. The molecule has 12 amide bonds. The molecule has 2 saturated heterocycles. The Morgan fingerprint density at radius 1 is 0.618 bits per heavy atom. The molecule has 0 aromatic carbocycles. The van der Waals surface area contributed by atoms with Crippen LogP contribution >= 0.6 is 11.6 Å². The molecule has 0 radical (unpaired) electrons. The third-order valence-electron chi connectivity index (χ3n) is 23.7. The molecule has 6 fully saturated rings. The predicted octanol–water partition coefficient (Wildman–Crippen LogP) is 7.36. The maximum Gasteiger partial charge on any atom is 0.393 e. The summed E-state index contributed by atoms with van der Waals surface area (Å²) in [6, 6.07) is -13.1. The Kier molecular flexibility index (Phi) is 31.0. The van der Waals surface area contributed by atoms with Gasteiger partial charge in [0.2, 0.25) is 70.9 Å². The number of ether oxygens (including phenoxy) is 1. The molecule has 3 N–H and O–H groups in total. The number of hydrogen-bond donors (Lipinski definition) is 3. The Morgan fingerprint density at radius 3 is 1.82 bits per heavy atom. The number of halogens is 10. The zero-order valence-electron chi connectivity index (χ0n) is 65.4. The molecule has 3 aliphatic heterocycles. The van der Waals surface area contributed by atoms with Crippen LogP contribution in [-0.2, 0) is 62.3 Å². The highest BCUT2D eigenvalue weighted by molar-refractivity contribution is 6.21. The second-order valence-corrected chi connectivity index (χ2v) is 33.3. The molecule has 7 aliphatic rings. The molecule has 0 aromatic heterocycles. The van der Waals surface area contributed by atoms with Crippen molar-refractivity contribution in [3.63, 3.8) is 0 Å². The van der Waals surface area contributed by atoms with Crippen molar-refractivity contribution >= 4 is 82.5 Å². The molecule has 4 aliphatic carbocycles. The van der Waals surface area contributed by atoms with Gasteiger partial charge in [0.25, 0.3) is 0 Å². The number of carbonyl (C=O) groups is 12. The summed E-state index contributed by atoms with van der Waals surface area (Å²) in [5, 5.41) is 6.93. The Labute approximate surface area is 643 Å². The van der Waals surface area contributed by atoms with Crippen LogP contribution in [0.1, 0.15) is 182 Å². The average Bonchev–Trinajstić information content (AvgIpc) is 0.939. The van der Waals surface area contributed by atoms with Crippen LogP contribution in [0.3, 0.4) is 0 Å². The summed E-state index contributed by atoms with van der Waals surface area (Å²) in [4.78, 5) is 189. The summed E-state index contributed by atoms with van der Waals surface area (Å²) in [5.41, 5.74) is -2.89. The molecule has 110 heavy (non-hydrogen) atoms. The molecule has 0 aromatic rings. The molecule has 12 atom stereocenters. The quantitative estimate of drug-likeness (QED) is 0.0980. The molecule has 7 rings (SSSR count). The standard InChI is InChI=1S/C75H114ClF9N12O13/c1-13-21-52-62(101)87-61(46-22-17-15-18-23-46)69(108)91(8)41-60(100)93(10)53-24-19-16-20-33-96(68(53)107)56(35-45-25-29-47(30-26-45)74(80,81)82)66(105)90(7)40-58(98)86-51(32-28-44-27-31-49(50(76)34-44)75(83,84)85)64(103)97-39-48(110-14-2)36-54(97)63(102)88-72(42-71(3,4)43-72)70(109)95(12)57(38-73(77,78)79)67(106)94(11)55(65(104)89(5)6)37-59(99)92(52)9/h16,19,44-57,61H,13-15,17-18,20-43H2,1-12H3,(H,86,98)(H,87,101)(H,88,102)/b19-16-/t44?,45?,47?,48-,49?,50?,51+,52+,53+,54+,55+,56+,57+,61+/m1/s1. The first-order valence-corrected chi connectivity index (χ1v) is 39.1. The number of fused-ring (bicyclic) bond motifs is 3. The van der Waals surface area contributed by atoms with Gasteiger partial charge in [-0.2, -0.15) is 39.5 Å². The second kappa shape index (κ2) is 37.8. The van der Waals surface area contributed by atoms with E-state index < -0.39 is 216 Å². The topological polar surface area (TPSA) is 279 Å². The van der Waals surface area contributed by atoms with Crippen molar-refractivity contribution in [3.05, 3.63) is 12.2 Å². The summed E-state index contributed by atoms with van der Waals surface area (Å²) in [7, 11) is 9.56. The summed E-state index contributed by atoms with van der Waals surface area (Å²) in [6.07, 6.45) is -13.8. The lowest BCUT2D eigenvalue weighted by Crippen LogP contribution is -2.71. The van der Waals surface area contributed by atoms with Crippen LogP contribution < -0.4 is 16.0 Å². The van der Waals surface area contributed by atoms with Crippen LogP contribution in [-0.4, -0.2) is 288 Å². The van der Waals surface area contributed by atoms with Gasteiger partial charge in [0, 0.05) is 87.9 Å². The van der Waals surface area contributed by atoms with Crippen molar-refractivity contribution < 1.29 is 102 Å². The first kappa shape index (κ1) is 90.2. The third kappa shape index (κ3) is 22.7. The number of likely N-dealkylation sites (N-methyl/N-ethyl adjacent to an activating group) is 7. The van der Waals surface area contributed by atoms with Crippen LogP contribution in [0.25, 0.3) is 0 Å². The molecule has 3 unspecified atom stereocenters. The van der Waals surface area contributed by atoms with E-state index in [1.165, 1.54) is 47.2 Å². The number of nitrogens with one attached hydrogen (secondary N) is 3. The highest BCUT2D eigenvalue weighted by atomic mass is 35.5. The van der Waals surface area contributed by atoms with Gasteiger partial charge >= 0.3 is 18.5 Å². The van der Waals surface area contributed by atoms with Crippen LogP contribution in [0.4, 0.5) is 39.5 Å². The summed E-state index contributed by atoms with van der Waals surface area (Å²) >= 11 is 6.39. The lowest BCUT2D eigenvalue weighted by atomic mass is 9.58. The van der Waals surface area contributed by atoms with Crippen molar-refractivity contribution in [1.29, 1.82) is 0 Å². The van der Waals surface area contributed by atoms with Crippen LogP contribution in [0.15, 0.2) is 12.2 Å². The van der Waals surface area contributed by atoms with Crippen molar-refractivity contribution in [1.82, 2.24) is 60.0 Å². The largest absolute Gasteiger partial charge is 0.393 e. The smallest absolute Gasteiger partial charge is 0.377 e. The summed E-state index contributed by atoms with van der Waals surface area (Å²) < 4.78 is 136.